The molecule has 2 aromatic carbocycles. The van der Waals surface area contributed by atoms with Gasteiger partial charge in [0, 0.05) is 29.9 Å². The maximum absolute atomic E-state index is 13.6. The largest absolute Gasteiger partial charge is 0.351 e. The summed E-state index contributed by atoms with van der Waals surface area (Å²) in [6.07, 6.45) is 3.60. The van der Waals surface area contributed by atoms with Crippen LogP contribution in [0.5, 0.6) is 0 Å². The van der Waals surface area contributed by atoms with E-state index in [4.69, 9.17) is 0 Å². The standard InChI is InChI=1S/C19H17F2N3OS/c20-16-6-7-18(17(21)10-16)26-13-19(25)22-11-14-4-1-2-5-15(14)12-24-9-3-8-23-24/h1-10H,11-13H2,(H,22,25). The highest BCUT2D eigenvalue weighted by Crippen LogP contribution is 2.22. The van der Waals surface area contributed by atoms with Crippen molar-refractivity contribution in [3.63, 3.8) is 0 Å². The molecule has 0 aliphatic rings. The Morgan fingerprint density at radius 2 is 1.92 bits per heavy atom. The number of nitrogens with one attached hydrogen (secondary N) is 1. The van der Waals surface area contributed by atoms with Gasteiger partial charge in [0.25, 0.3) is 0 Å². The topological polar surface area (TPSA) is 46.9 Å². The van der Waals surface area contributed by atoms with E-state index in [0.29, 0.717) is 13.1 Å². The van der Waals surface area contributed by atoms with E-state index in [0.717, 1.165) is 29.0 Å². The van der Waals surface area contributed by atoms with Gasteiger partial charge in [-0.3, -0.25) is 9.48 Å². The van der Waals surface area contributed by atoms with Crippen LogP contribution in [-0.4, -0.2) is 21.4 Å². The van der Waals surface area contributed by atoms with Gasteiger partial charge >= 0.3 is 0 Å². The van der Waals surface area contributed by atoms with Crippen molar-refractivity contribution in [2.75, 3.05) is 5.75 Å². The highest BCUT2D eigenvalue weighted by Gasteiger charge is 2.09. The molecule has 4 nitrogen and oxygen atoms in total. The summed E-state index contributed by atoms with van der Waals surface area (Å²) in [5.74, 6) is -1.45. The van der Waals surface area contributed by atoms with E-state index in [1.807, 2.05) is 41.2 Å². The van der Waals surface area contributed by atoms with Gasteiger partial charge in [-0.1, -0.05) is 24.3 Å². The highest BCUT2D eigenvalue weighted by molar-refractivity contribution is 8.00. The highest BCUT2D eigenvalue weighted by atomic mass is 32.2. The van der Waals surface area contributed by atoms with E-state index in [1.165, 1.54) is 12.1 Å². The van der Waals surface area contributed by atoms with Crippen molar-refractivity contribution in [3.8, 4) is 0 Å². The predicted molar refractivity (Wildman–Crippen MR) is 96.7 cm³/mol. The summed E-state index contributed by atoms with van der Waals surface area (Å²) in [5, 5.41) is 7.02. The molecule has 0 unspecified atom stereocenters. The summed E-state index contributed by atoms with van der Waals surface area (Å²) >= 11 is 1.04. The Balaban J connectivity index is 1.54. The van der Waals surface area contributed by atoms with Crippen LogP contribution in [0.3, 0.4) is 0 Å². The van der Waals surface area contributed by atoms with E-state index in [1.54, 1.807) is 6.20 Å². The normalized spacial score (nSPS) is 10.7. The Morgan fingerprint density at radius 1 is 1.12 bits per heavy atom. The molecular weight excluding hydrogens is 356 g/mol. The third-order valence-corrected chi connectivity index (χ3v) is 4.79. The number of carbonyl (C=O) groups is 1. The lowest BCUT2D eigenvalue weighted by Crippen LogP contribution is -2.25. The van der Waals surface area contributed by atoms with Crippen molar-refractivity contribution < 1.29 is 13.6 Å². The zero-order chi connectivity index (χ0) is 18.4. The van der Waals surface area contributed by atoms with Crippen LogP contribution in [0.2, 0.25) is 0 Å². The summed E-state index contributed by atoms with van der Waals surface area (Å²) in [7, 11) is 0. The molecular formula is C19H17F2N3OS. The molecule has 3 aromatic rings. The second kappa shape index (κ2) is 8.62. The predicted octanol–water partition coefficient (Wildman–Crippen LogP) is 3.62. The first kappa shape index (κ1) is 18.1. The van der Waals surface area contributed by atoms with Gasteiger partial charge in [0.2, 0.25) is 5.91 Å². The van der Waals surface area contributed by atoms with Crippen molar-refractivity contribution in [2.24, 2.45) is 0 Å². The van der Waals surface area contributed by atoms with E-state index >= 15 is 0 Å². The molecule has 0 saturated heterocycles. The van der Waals surface area contributed by atoms with Crippen molar-refractivity contribution in [1.82, 2.24) is 15.1 Å². The maximum atomic E-state index is 13.6. The summed E-state index contributed by atoms with van der Waals surface area (Å²) in [6, 6.07) is 13.0. The molecule has 0 radical (unpaired) electrons. The fourth-order valence-corrected chi connectivity index (χ4v) is 3.18. The number of halogens is 2. The molecule has 0 spiro atoms. The van der Waals surface area contributed by atoms with E-state index in [2.05, 4.69) is 10.4 Å². The molecule has 1 heterocycles. The monoisotopic (exact) mass is 373 g/mol. The Bertz CT molecular complexity index is 884. The van der Waals surface area contributed by atoms with E-state index in [-0.39, 0.29) is 16.6 Å². The first-order valence-corrected chi connectivity index (χ1v) is 8.99. The first-order chi connectivity index (χ1) is 12.6. The average molecular weight is 373 g/mol. The number of hydrogen-bond donors (Lipinski definition) is 1. The number of carbonyl (C=O) groups excluding carboxylic acids is 1. The van der Waals surface area contributed by atoms with Crippen LogP contribution in [0.15, 0.2) is 65.8 Å². The zero-order valence-corrected chi connectivity index (χ0v) is 14.7. The van der Waals surface area contributed by atoms with Gasteiger partial charge in [0.05, 0.1) is 12.3 Å². The quantitative estimate of drug-likeness (QED) is 0.644. The molecule has 1 N–H and O–H groups in total. The molecule has 0 aliphatic carbocycles. The second-order valence-corrected chi connectivity index (χ2v) is 6.63. The average Bonchev–Trinajstić information content (AvgIpc) is 3.13. The molecule has 0 saturated carbocycles. The van der Waals surface area contributed by atoms with Gasteiger partial charge in [-0.05, 0) is 29.3 Å². The number of aromatic nitrogens is 2. The van der Waals surface area contributed by atoms with E-state index < -0.39 is 11.6 Å². The first-order valence-electron chi connectivity index (χ1n) is 8.00. The van der Waals surface area contributed by atoms with Gasteiger partial charge < -0.3 is 5.32 Å². The molecule has 3 rings (SSSR count). The van der Waals surface area contributed by atoms with Crippen molar-refractivity contribution in [1.29, 1.82) is 0 Å². The molecule has 7 heteroatoms. The summed E-state index contributed by atoms with van der Waals surface area (Å²) < 4.78 is 28.3. The number of amides is 1. The van der Waals surface area contributed by atoms with Crippen molar-refractivity contribution in [3.05, 3.63) is 83.7 Å². The molecule has 1 amide bonds. The van der Waals surface area contributed by atoms with Crippen LogP contribution >= 0.6 is 11.8 Å². The zero-order valence-electron chi connectivity index (χ0n) is 13.9. The molecule has 0 aliphatic heterocycles. The molecule has 1 aromatic heterocycles. The third kappa shape index (κ3) is 4.92. The second-order valence-electron chi connectivity index (χ2n) is 5.61. The minimum Gasteiger partial charge on any atom is -0.351 e. The number of benzene rings is 2. The van der Waals surface area contributed by atoms with Crippen LogP contribution in [0.1, 0.15) is 11.1 Å². The van der Waals surface area contributed by atoms with Crippen molar-refractivity contribution in [2.45, 2.75) is 18.0 Å². The number of hydrogen-bond acceptors (Lipinski definition) is 3. The SMILES string of the molecule is O=C(CSc1ccc(F)cc1F)NCc1ccccc1Cn1cccn1. The number of rotatable bonds is 7. The van der Waals surface area contributed by atoms with Gasteiger partial charge in [-0.25, -0.2) is 8.78 Å². The number of thioether (sulfide) groups is 1. The Kier molecular flexibility index (Phi) is 6.01. The van der Waals surface area contributed by atoms with Crippen LogP contribution in [0.4, 0.5) is 8.78 Å². The van der Waals surface area contributed by atoms with Gasteiger partial charge in [-0.2, -0.15) is 5.10 Å². The number of nitrogens with zero attached hydrogens (tertiary/aromatic N) is 2. The van der Waals surface area contributed by atoms with E-state index in [9.17, 15) is 13.6 Å². The smallest absolute Gasteiger partial charge is 0.230 e. The molecule has 0 fully saturated rings. The van der Waals surface area contributed by atoms with Crippen LogP contribution < -0.4 is 5.32 Å². The summed E-state index contributed by atoms with van der Waals surface area (Å²) in [5.41, 5.74) is 2.06. The summed E-state index contributed by atoms with van der Waals surface area (Å²) in [6.45, 7) is 0.997. The lowest BCUT2D eigenvalue weighted by atomic mass is 10.1. The van der Waals surface area contributed by atoms with Gasteiger partial charge in [0.15, 0.2) is 0 Å². The fraction of sp³-hybridized carbons (Fsp3) is 0.158. The molecule has 134 valence electrons. The molecule has 0 bridgehead atoms. The van der Waals surface area contributed by atoms with Crippen LogP contribution in [0, 0.1) is 11.6 Å². The summed E-state index contributed by atoms with van der Waals surface area (Å²) in [4.78, 5) is 12.3. The minimum atomic E-state index is -0.660. The molecule has 0 atom stereocenters. The fourth-order valence-electron chi connectivity index (χ4n) is 2.43. The Labute approximate surface area is 154 Å². The maximum Gasteiger partial charge on any atom is 0.230 e. The lowest BCUT2D eigenvalue weighted by molar-refractivity contribution is -0.118. The minimum absolute atomic E-state index is 0.0594. The van der Waals surface area contributed by atoms with Crippen molar-refractivity contribution >= 4 is 17.7 Å². The van der Waals surface area contributed by atoms with Gasteiger partial charge in [-0.15, -0.1) is 11.8 Å². The third-order valence-electron chi connectivity index (χ3n) is 3.74. The Morgan fingerprint density at radius 3 is 2.65 bits per heavy atom. The van der Waals surface area contributed by atoms with Crippen LogP contribution in [-0.2, 0) is 17.9 Å². The molecule has 26 heavy (non-hydrogen) atoms. The lowest BCUT2D eigenvalue weighted by Gasteiger charge is -2.11. The van der Waals surface area contributed by atoms with Gasteiger partial charge in [0.1, 0.15) is 11.6 Å². The Hall–Kier alpha value is -2.67. The van der Waals surface area contributed by atoms with Crippen LogP contribution in [0.25, 0.3) is 0 Å².